The minimum atomic E-state index is -4.51. The third-order valence-electron chi connectivity index (χ3n) is 2.87. The van der Waals surface area contributed by atoms with E-state index in [9.17, 15) is 22.4 Å². The number of alkyl halides is 3. The normalized spacial score (nSPS) is 11.3. The average molecular weight is 297 g/mol. The Morgan fingerprint density at radius 1 is 1.10 bits per heavy atom. The van der Waals surface area contributed by atoms with Crippen molar-refractivity contribution >= 4 is 11.6 Å². The van der Waals surface area contributed by atoms with E-state index in [1.54, 1.807) is 0 Å². The zero-order valence-electron chi connectivity index (χ0n) is 11.0. The molecule has 21 heavy (non-hydrogen) atoms. The largest absolute Gasteiger partial charge is 0.416 e. The predicted molar refractivity (Wildman–Crippen MR) is 70.5 cm³/mol. The molecule has 2 rings (SSSR count). The van der Waals surface area contributed by atoms with E-state index in [0.29, 0.717) is 11.3 Å². The Kier molecular flexibility index (Phi) is 3.97. The monoisotopic (exact) mass is 297 g/mol. The number of anilines is 1. The highest BCUT2D eigenvalue weighted by molar-refractivity contribution is 6.04. The van der Waals surface area contributed by atoms with Crippen molar-refractivity contribution in [3.63, 3.8) is 0 Å². The lowest BCUT2D eigenvalue weighted by Gasteiger charge is -2.10. The quantitative estimate of drug-likeness (QED) is 0.818. The number of halogens is 4. The summed E-state index contributed by atoms with van der Waals surface area (Å²) < 4.78 is 50.9. The number of nitrogens with one attached hydrogen (secondary N) is 1. The number of rotatable bonds is 2. The maximum absolute atomic E-state index is 13.1. The highest BCUT2D eigenvalue weighted by Crippen LogP contribution is 2.29. The van der Waals surface area contributed by atoms with Gasteiger partial charge in [-0.25, -0.2) is 4.39 Å². The molecule has 0 aliphatic carbocycles. The number of carbonyl (C=O) groups is 1. The van der Waals surface area contributed by atoms with Crippen molar-refractivity contribution < 1.29 is 22.4 Å². The SMILES string of the molecule is Cc1cc(NC(=O)c2cccc(C(F)(F)F)c2)ccc1F. The number of hydrogen-bond donors (Lipinski definition) is 1. The second-order valence-electron chi connectivity index (χ2n) is 4.50. The number of benzene rings is 2. The molecule has 1 amide bonds. The molecule has 0 aromatic heterocycles. The summed E-state index contributed by atoms with van der Waals surface area (Å²) in [4.78, 5) is 11.9. The van der Waals surface area contributed by atoms with Crippen molar-refractivity contribution in [3.05, 3.63) is 65.0 Å². The zero-order chi connectivity index (χ0) is 15.6. The fourth-order valence-electron chi connectivity index (χ4n) is 1.76. The minimum absolute atomic E-state index is 0.119. The van der Waals surface area contributed by atoms with E-state index < -0.39 is 23.5 Å². The molecule has 0 aliphatic rings. The third-order valence-corrected chi connectivity index (χ3v) is 2.87. The number of aryl methyl sites for hydroxylation is 1. The molecule has 2 aromatic rings. The molecular formula is C15H11F4NO. The Morgan fingerprint density at radius 3 is 2.43 bits per heavy atom. The zero-order valence-corrected chi connectivity index (χ0v) is 11.0. The van der Waals surface area contributed by atoms with Crippen LogP contribution in [0.3, 0.4) is 0 Å². The first-order valence-corrected chi connectivity index (χ1v) is 6.02. The van der Waals surface area contributed by atoms with Gasteiger partial charge in [-0.15, -0.1) is 0 Å². The Hall–Kier alpha value is -2.37. The second kappa shape index (κ2) is 5.55. The molecule has 0 radical (unpaired) electrons. The minimum Gasteiger partial charge on any atom is -0.322 e. The van der Waals surface area contributed by atoms with Crippen LogP contribution < -0.4 is 5.32 Å². The molecule has 0 spiro atoms. The van der Waals surface area contributed by atoms with Gasteiger partial charge < -0.3 is 5.32 Å². The molecule has 2 nitrogen and oxygen atoms in total. The van der Waals surface area contributed by atoms with Gasteiger partial charge in [-0.3, -0.25) is 4.79 Å². The molecule has 0 bridgehead atoms. The van der Waals surface area contributed by atoms with E-state index in [0.717, 1.165) is 18.2 Å². The van der Waals surface area contributed by atoms with E-state index in [1.807, 2.05) is 0 Å². The second-order valence-corrected chi connectivity index (χ2v) is 4.50. The average Bonchev–Trinajstić information content (AvgIpc) is 2.42. The lowest BCUT2D eigenvalue weighted by molar-refractivity contribution is -0.137. The van der Waals surface area contributed by atoms with Crippen LogP contribution in [0.2, 0.25) is 0 Å². The van der Waals surface area contributed by atoms with E-state index in [4.69, 9.17) is 0 Å². The summed E-state index contributed by atoms with van der Waals surface area (Å²) in [5.74, 6) is -1.11. The fourth-order valence-corrected chi connectivity index (χ4v) is 1.76. The van der Waals surface area contributed by atoms with Crippen LogP contribution in [0.4, 0.5) is 23.2 Å². The van der Waals surface area contributed by atoms with Gasteiger partial charge in [0.1, 0.15) is 5.82 Å². The van der Waals surface area contributed by atoms with Crippen LogP contribution in [0.15, 0.2) is 42.5 Å². The lowest BCUT2D eigenvalue weighted by Crippen LogP contribution is -2.14. The lowest BCUT2D eigenvalue weighted by atomic mass is 10.1. The van der Waals surface area contributed by atoms with Crippen LogP contribution in [0.25, 0.3) is 0 Å². The molecule has 0 heterocycles. The summed E-state index contributed by atoms with van der Waals surface area (Å²) >= 11 is 0. The highest BCUT2D eigenvalue weighted by atomic mass is 19.4. The van der Waals surface area contributed by atoms with E-state index in [1.165, 1.54) is 31.2 Å². The van der Waals surface area contributed by atoms with Gasteiger partial charge in [-0.1, -0.05) is 6.07 Å². The molecular weight excluding hydrogens is 286 g/mol. The van der Waals surface area contributed by atoms with Crippen LogP contribution in [0.5, 0.6) is 0 Å². The summed E-state index contributed by atoms with van der Waals surface area (Å²) in [7, 11) is 0. The molecule has 0 saturated carbocycles. The standard InChI is InChI=1S/C15H11F4NO/c1-9-7-12(5-6-13(9)16)20-14(21)10-3-2-4-11(8-10)15(17,18)19/h2-8H,1H3,(H,20,21). The molecule has 1 N–H and O–H groups in total. The van der Waals surface area contributed by atoms with Crippen LogP contribution in [-0.2, 0) is 6.18 Å². The summed E-state index contributed by atoms with van der Waals surface area (Å²) in [6, 6.07) is 8.02. The van der Waals surface area contributed by atoms with Gasteiger partial charge in [-0.2, -0.15) is 13.2 Å². The topological polar surface area (TPSA) is 29.1 Å². The molecule has 2 aromatic carbocycles. The fraction of sp³-hybridized carbons (Fsp3) is 0.133. The van der Waals surface area contributed by atoms with Gasteiger partial charge in [0.15, 0.2) is 0 Å². The van der Waals surface area contributed by atoms with Crippen LogP contribution >= 0.6 is 0 Å². The number of carbonyl (C=O) groups excluding carboxylic acids is 1. The summed E-state index contributed by atoms with van der Waals surface area (Å²) in [6.45, 7) is 1.52. The summed E-state index contributed by atoms with van der Waals surface area (Å²) in [5, 5.41) is 2.43. The third kappa shape index (κ3) is 3.59. The van der Waals surface area contributed by atoms with Crippen molar-refractivity contribution in [2.75, 3.05) is 5.32 Å². The van der Waals surface area contributed by atoms with Gasteiger partial charge in [0.05, 0.1) is 5.56 Å². The molecule has 0 unspecified atom stereocenters. The van der Waals surface area contributed by atoms with Crippen molar-refractivity contribution in [3.8, 4) is 0 Å². The number of amides is 1. The first-order valence-electron chi connectivity index (χ1n) is 6.02. The molecule has 0 saturated heterocycles. The molecule has 110 valence electrons. The van der Waals surface area contributed by atoms with Crippen molar-refractivity contribution in [2.24, 2.45) is 0 Å². The predicted octanol–water partition coefficient (Wildman–Crippen LogP) is 4.41. The van der Waals surface area contributed by atoms with Crippen LogP contribution in [0, 0.1) is 12.7 Å². The van der Waals surface area contributed by atoms with E-state index in [2.05, 4.69) is 5.32 Å². The molecule has 6 heteroatoms. The van der Waals surface area contributed by atoms with E-state index >= 15 is 0 Å². The van der Waals surface area contributed by atoms with Crippen LogP contribution in [0.1, 0.15) is 21.5 Å². The maximum Gasteiger partial charge on any atom is 0.416 e. The Balaban J connectivity index is 2.22. The Morgan fingerprint density at radius 2 is 1.81 bits per heavy atom. The van der Waals surface area contributed by atoms with Gasteiger partial charge in [0, 0.05) is 11.3 Å². The first kappa shape index (κ1) is 15.0. The smallest absolute Gasteiger partial charge is 0.322 e. The van der Waals surface area contributed by atoms with Crippen molar-refractivity contribution in [1.29, 1.82) is 0 Å². The van der Waals surface area contributed by atoms with Gasteiger partial charge in [0.25, 0.3) is 5.91 Å². The van der Waals surface area contributed by atoms with Gasteiger partial charge >= 0.3 is 6.18 Å². The maximum atomic E-state index is 13.1. The van der Waals surface area contributed by atoms with Gasteiger partial charge in [-0.05, 0) is 48.9 Å². The summed E-state index contributed by atoms with van der Waals surface area (Å²) in [6.07, 6.45) is -4.51. The Labute approximate surface area is 118 Å². The number of hydrogen-bond acceptors (Lipinski definition) is 1. The molecule has 0 fully saturated rings. The van der Waals surface area contributed by atoms with Crippen molar-refractivity contribution in [1.82, 2.24) is 0 Å². The first-order chi connectivity index (χ1) is 9.77. The van der Waals surface area contributed by atoms with Gasteiger partial charge in [0.2, 0.25) is 0 Å². The highest BCUT2D eigenvalue weighted by Gasteiger charge is 2.30. The van der Waals surface area contributed by atoms with Crippen molar-refractivity contribution in [2.45, 2.75) is 13.1 Å². The van der Waals surface area contributed by atoms with Crippen LogP contribution in [-0.4, -0.2) is 5.91 Å². The van der Waals surface area contributed by atoms with E-state index in [-0.39, 0.29) is 5.56 Å². The molecule has 0 aliphatic heterocycles. The summed E-state index contributed by atoms with van der Waals surface area (Å²) in [5.41, 5.74) is -0.370. The molecule has 0 atom stereocenters. The Bertz CT molecular complexity index is 680.